The number of rotatable bonds is 10. The number of carboxylic acids is 1. The minimum Gasteiger partial charge on any atom is -0.481 e. The smallest absolute Gasteiger partial charge is 0.305 e. The monoisotopic (exact) mass is 450 g/mol. The zero-order chi connectivity index (χ0) is 23.1. The lowest BCUT2D eigenvalue weighted by Crippen LogP contribution is -2.39. The van der Waals surface area contributed by atoms with E-state index >= 15 is 0 Å². The molecule has 2 aliphatic rings. The van der Waals surface area contributed by atoms with Gasteiger partial charge in [0, 0.05) is 43.4 Å². The van der Waals surface area contributed by atoms with Crippen molar-refractivity contribution in [3.05, 3.63) is 35.2 Å². The highest BCUT2D eigenvalue weighted by atomic mass is 19.3. The van der Waals surface area contributed by atoms with Crippen LogP contribution in [0.2, 0.25) is 0 Å². The Labute approximate surface area is 187 Å². The number of hydrogen-bond donors (Lipinski definition) is 2. The molecule has 1 atom stereocenters. The van der Waals surface area contributed by atoms with E-state index in [1.54, 1.807) is 12.3 Å². The van der Waals surface area contributed by atoms with Crippen LogP contribution >= 0.6 is 0 Å². The number of methoxy groups -OCH3 is 1. The summed E-state index contributed by atoms with van der Waals surface area (Å²) in [4.78, 5) is 21.6. The Morgan fingerprint density at radius 2 is 2.22 bits per heavy atom. The van der Waals surface area contributed by atoms with Crippen molar-refractivity contribution in [2.24, 2.45) is 4.99 Å². The fourth-order valence-corrected chi connectivity index (χ4v) is 4.20. The number of halogens is 2. The lowest BCUT2D eigenvalue weighted by atomic mass is 9.97. The normalized spacial score (nSPS) is 16.8. The van der Waals surface area contributed by atoms with Crippen LogP contribution in [0.1, 0.15) is 55.3 Å². The number of carbonyl (C=O) groups is 1. The Kier molecular flexibility index (Phi) is 8.04. The van der Waals surface area contributed by atoms with Gasteiger partial charge in [0.1, 0.15) is 12.5 Å². The minimum atomic E-state index is -2.96. The number of nitrogens with one attached hydrogen (secondary N) is 1. The van der Waals surface area contributed by atoms with Gasteiger partial charge < -0.3 is 20.1 Å². The number of pyridine rings is 1. The number of fused-ring (bicyclic) bond motifs is 1. The van der Waals surface area contributed by atoms with E-state index in [-0.39, 0.29) is 19.5 Å². The molecule has 0 amide bonds. The molecule has 0 radical (unpaired) electrons. The Morgan fingerprint density at radius 1 is 1.41 bits per heavy atom. The number of nitrogens with zero attached hydrogens (tertiary/aromatic N) is 3. The van der Waals surface area contributed by atoms with Crippen molar-refractivity contribution in [3.63, 3.8) is 0 Å². The van der Waals surface area contributed by atoms with Gasteiger partial charge in [-0.15, -0.1) is 0 Å². The first-order valence-electron chi connectivity index (χ1n) is 11.1. The molecule has 0 aromatic carbocycles. The van der Waals surface area contributed by atoms with Gasteiger partial charge in [0.15, 0.2) is 0 Å². The Hall–Kier alpha value is -2.71. The minimum absolute atomic E-state index is 0.102. The molecule has 0 unspecified atom stereocenters. The standard InChI is InChI=1S/C23H32F2N4O3/c1-16-12-17-6-5-10-26-22(17)28-19(16)7-3-4-9-23(24,25)14-18(13-21(30)31)29-11-8-20(32-2)27-15-29/h8,11-12,18H,3-7,9-10,13-15H2,1-2H3,(H,26,28)(H,30,31)/t18-/m1/s1. The maximum Gasteiger partial charge on any atom is 0.305 e. The van der Waals surface area contributed by atoms with Gasteiger partial charge in [0.05, 0.1) is 13.5 Å². The molecule has 3 heterocycles. The van der Waals surface area contributed by atoms with Crippen LogP contribution < -0.4 is 5.32 Å². The van der Waals surface area contributed by atoms with Crippen LogP contribution in [0, 0.1) is 6.92 Å². The molecule has 9 heteroatoms. The lowest BCUT2D eigenvalue weighted by Gasteiger charge is -2.32. The number of ether oxygens (including phenoxy) is 1. The van der Waals surface area contributed by atoms with Crippen LogP contribution in [0.5, 0.6) is 0 Å². The molecule has 2 aliphatic heterocycles. The summed E-state index contributed by atoms with van der Waals surface area (Å²) in [6.45, 7) is 3.04. The van der Waals surface area contributed by atoms with Crippen molar-refractivity contribution in [1.29, 1.82) is 0 Å². The maximum absolute atomic E-state index is 14.7. The van der Waals surface area contributed by atoms with E-state index in [0.717, 1.165) is 36.5 Å². The molecule has 1 aromatic heterocycles. The van der Waals surface area contributed by atoms with E-state index in [2.05, 4.69) is 16.4 Å². The highest BCUT2D eigenvalue weighted by Gasteiger charge is 2.35. The third-order valence-electron chi connectivity index (χ3n) is 5.94. The number of aryl methyl sites for hydroxylation is 3. The van der Waals surface area contributed by atoms with E-state index in [4.69, 9.17) is 9.72 Å². The van der Waals surface area contributed by atoms with Gasteiger partial charge >= 0.3 is 5.97 Å². The molecule has 2 N–H and O–H groups in total. The van der Waals surface area contributed by atoms with Crippen LogP contribution in [-0.4, -0.2) is 59.1 Å². The molecule has 1 aromatic rings. The zero-order valence-corrected chi connectivity index (χ0v) is 18.7. The summed E-state index contributed by atoms with van der Waals surface area (Å²) in [5, 5.41) is 12.5. The molecule has 0 saturated carbocycles. The number of hydrogen-bond acceptors (Lipinski definition) is 6. The summed E-state index contributed by atoms with van der Waals surface area (Å²) >= 11 is 0. The van der Waals surface area contributed by atoms with Gasteiger partial charge in [-0.3, -0.25) is 4.79 Å². The maximum atomic E-state index is 14.7. The highest BCUT2D eigenvalue weighted by molar-refractivity contribution is 5.87. The number of alkyl halides is 2. The highest BCUT2D eigenvalue weighted by Crippen LogP contribution is 2.31. The molecule has 32 heavy (non-hydrogen) atoms. The predicted octanol–water partition coefficient (Wildman–Crippen LogP) is 4.16. The van der Waals surface area contributed by atoms with Crippen molar-refractivity contribution in [2.75, 3.05) is 25.6 Å². The summed E-state index contributed by atoms with van der Waals surface area (Å²) in [7, 11) is 1.47. The summed E-state index contributed by atoms with van der Waals surface area (Å²) < 4.78 is 34.4. The quantitative estimate of drug-likeness (QED) is 0.521. The van der Waals surface area contributed by atoms with Crippen LogP contribution in [0.25, 0.3) is 0 Å². The summed E-state index contributed by atoms with van der Waals surface area (Å²) in [6.07, 6.45) is 5.67. The number of carboxylic acid groups (broad SMARTS) is 1. The summed E-state index contributed by atoms with van der Waals surface area (Å²) in [6, 6.07) is 1.31. The number of unbranched alkanes of at least 4 members (excludes halogenated alkanes) is 1. The molecule has 0 spiro atoms. The Bertz CT molecular complexity index is 873. The van der Waals surface area contributed by atoms with Gasteiger partial charge in [0.25, 0.3) is 0 Å². The first kappa shape index (κ1) is 23.9. The molecule has 3 rings (SSSR count). The molecular formula is C23H32F2N4O3. The van der Waals surface area contributed by atoms with E-state index in [0.29, 0.717) is 25.2 Å². The van der Waals surface area contributed by atoms with Crippen LogP contribution in [0.4, 0.5) is 14.6 Å². The van der Waals surface area contributed by atoms with Gasteiger partial charge in [-0.05, 0) is 50.2 Å². The third-order valence-corrected chi connectivity index (χ3v) is 5.94. The predicted molar refractivity (Wildman–Crippen MR) is 119 cm³/mol. The van der Waals surface area contributed by atoms with E-state index in [1.807, 2.05) is 6.92 Å². The van der Waals surface area contributed by atoms with Crippen molar-refractivity contribution in [3.8, 4) is 0 Å². The average molecular weight is 451 g/mol. The third kappa shape index (κ3) is 6.64. The molecule has 176 valence electrons. The first-order chi connectivity index (χ1) is 15.3. The molecule has 0 saturated heterocycles. The lowest BCUT2D eigenvalue weighted by molar-refractivity contribution is -0.139. The number of anilines is 1. The second kappa shape index (κ2) is 10.7. The second-order valence-corrected chi connectivity index (χ2v) is 8.48. The molecule has 0 bridgehead atoms. The fraction of sp³-hybridized carbons (Fsp3) is 0.609. The van der Waals surface area contributed by atoms with Gasteiger partial charge in [-0.1, -0.05) is 6.07 Å². The van der Waals surface area contributed by atoms with Crippen molar-refractivity contribution in [1.82, 2.24) is 9.88 Å². The average Bonchev–Trinajstić information content (AvgIpc) is 2.76. The molecule has 7 nitrogen and oxygen atoms in total. The van der Waals surface area contributed by atoms with Crippen molar-refractivity contribution in [2.45, 2.75) is 70.3 Å². The van der Waals surface area contributed by atoms with Crippen LogP contribution in [-0.2, 0) is 22.4 Å². The van der Waals surface area contributed by atoms with Crippen LogP contribution in [0.15, 0.2) is 23.3 Å². The van der Waals surface area contributed by atoms with Crippen molar-refractivity contribution >= 4 is 17.7 Å². The number of aliphatic carboxylic acids is 1. The summed E-state index contributed by atoms with van der Waals surface area (Å²) in [5.41, 5.74) is 3.28. The molecule has 0 aliphatic carbocycles. The second-order valence-electron chi connectivity index (χ2n) is 8.48. The van der Waals surface area contributed by atoms with E-state index in [1.165, 1.54) is 17.6 Å². The van der Waals surface area contributed by atoms with Crippen molar-refractivity contribution < 1.29 is 23.4 Å². The molecular weight excluding hydrogens is 418 g/mol. The number of aliphatic imine (C=N–C) groups is 1. The zero-order valence-electron chi connectivity index (χ0n) is 18.7. The molecule has 0 fully saturated rings. The fourth-order valence-electron chi connectivity index (χ4n) is 4.20. The largest absolute Gasteiger partial charge is 0.481 e. The Balaban J connectivity index is 1.52. The van der Waals surface area contributed by atoms with Crippen LogP contribution in [0.3, 0.4) is 0 Å². The topological polar surface area (TPSA) is 87.0 Å². The van der Waals surface area contributed by atoms with E-state index < -0.39 is 24.4 Å². The van der Waals surface area contributed by atoms with Gasteiger partial charge in [-0.25, -0.2) is 18.8 Å². The van der Waals surface area contributed by atoms with Gasteiger partial charge in [0.2, 0.25) is 11.8 Å². The SMILES string of the molecule is COC1=NCN([C@H](CC(=O)O)CC(F)(F)CCCCc2nc3c(cc2C)CCCN3)C=C1. The van der Waals surface area contributed by atoms with E-state index in [9.17, 15) is 18.7 Å². The number of aromatic nitrogens is 1. The summed E-state index contributed by atoms with van der Waals surface area (Å²) in [5.74, 6) is -2.75. The Morgan fingerprint density at radius 3 is 2.91 bits per heavy atom. The first-order valence-corrected chi connectivity index (χ1v) is 11.1. The van der Waals surface area contributed by atoms with Gasteiger partial charge in [-0.2, -0.15) is 0 Å².